The second-order valence-corrected chi connectivity index (χ2v) is 7.98. The van der Waals surface area contributed by atoms with Crippen LogP contribution in [-0.2, 0) is 11.2 Å². The summed E-state index contributed by atoms with van der Waals surface area (Å²) in [4.78, 5) is 11.4. The highest BCUT2D eigenvalue weighted by atomic mass is 16.6. The molecule has 0 saturated heterocycles. The fourth-order valence-electron chi connectivity index (χ4n) is 3.63. The minimum atomic E-state index is -0.795. The van der Waals surface area contributed by atoms with Crippen molar-refractivity contribution in [2.45, 2.75) is 46.1 Å². The highest BCUT2D eigenvalue weighted by Gasteiger charge is 2.41. The van der Waals surface area contributed by atoms with Crippen LogP contribution in [0.5, 0.6) is 11.5 Å². The molecule has 0 aromatic heterocycles. The predicted molar refractivity (Wildman–Crippen MR) is 110 cm³/mol. The van der Waals surface area contributed by atoms with Gasteiger partial charge in [0.1, 0.15) is 17.6 Å². The maximum Gasteiger partial charge on any atom is 0.405 e. The van der Waals surface area contributed by atoms with Crippen LogP contribution in [0.4, 0.5) is 4.79 Å². The van der Waals surface area contributed by atoms with Crippen molar-refractivity contribution in [2.24, 2.45) is 11.1 Å². The average Bonchev–Trinajstić information content (AvgIpc) is 2.68. The minimum absolute atomic E-state index is 0.393. The molecule has 0 bridgehead atoms. The Morgan fingerprint density at radius 2 is 1.96 bits per heavy atom. The van der Waals surface area contributed by atoms with Crippen LogP contribution in [0.1, 0.15) is 50.8 Å². The number of benzene rings is 2. The molecular formula is C23H29NO4. The van der Waals surface area contributed by atoms with Crippen molar-refractivity contribution in [3.8, 4) is 22.6 Å². The number of carbonyl (C=O) groups is 1. The van der Waals surface area contributed by atoms with Gasteiger partial charge in [0, 0.05) is 16.5 Å². The molecule has 5 heteroatoms. The molecule has 2 aromatic rings. The number of hydrogen-bond acceptors (Lipinski definition) is 4. The lowest BCUT2D eigenvalue weighted by atomic mass is 9.80. The lowest BCUT2D eigenvalue weighted by molar-refractivity contribution is -0.0177. The highest BCUT2D eigenvalue weighted by Crippen LogP contribution is 2.48. The smallest absolute Gasteiger partial charge is 0.405 e. The number of rotatable bonds is 6. The fourth-order valence-corrected chi connectivity index (χ4v) is 3.63. The zero-order chi connectivity index (χ0) is 20.3. The molecule has 1 aliphatic rings. The molecule has 0 radical (unpaired) electrons. The van der Waals surface area contributed by atoms with Crippen LogP contribution in [0.15, 0.2) is 36.4 Å². The van der Waals surface area contributed by atoms with Gasteiger partial charge < -0.3 is 19.9 Å². The molecule has 1 atom stereocenters. The van der Waals surface area contributed by atoms with Crippen LogP contribution in [0, 0.1) is 5.41 Å². The normalized spacial score (nSPS) is 17.4. The third-order valence-electron chi connectivity index (χ3n) is 5.24. The second-order valence-electron chi connectivity index (χ2n) is 7.98. The zero-order valence-corrected chi connectivity index (χ0v) is 17.1. The number of nitrogens with two attached hydrogens (primary N) is 1. The molecule has 0 spiro atoms. The van der Waals surface area contributed by atoms with E-state index in [1.165, 1.54) is 18.4 Å². The van der Waals surface area contributed by atoms with Crippen molar-refractivity contribution in [2.75, 3.05) is 13.7 Å². The molecule has 5 nitrogen and oxygen atoms in total. The molecule has 0 aliphatic carbocycles. The number of aryl methyl sites for hydroxylation is 1. The molecule has 1 unspecified atom stereocenters. The van der Waals surface area contributed by atoms with Crippen LogP contribution in [0.25, 0.3) is 11.1 Å². The largest absolute Gasteiger partial charge is 0.496 e. The number of hydrogen-bond donors (Lipinski definition) is 1. The van der Waals surface area contributed by atoms with E-state index in [4.69, 9.17) is 19.9 Å². The molecule has 28 heavy (non-hydrogen) atoms. The van der Waals surface area contributed by atoms with Crippen molar-refractivity contribution in [1.29, 1.82) is 0 Å². The van der Waals surface area contributed by atoms with Gasteiger partial charge in [-0.3, -0.25) is 0 Å². The van der Waals surface area contributed by atoms with Crippen molar-refractivity contribution < 1.29 is 19.0 Å². The van der Waals surface area contributed by atoms with Gasteiger partial charge in [-0.25, -0.2) is 4.79 Å². The predicted octanol–water partition coefficient (Wildman–Crippen LogP) is 5.26. The topological polar surface area (TPSA) is 70.8 Å². The van der Waals surface area contributed by atoms with Crippen LogP contribution in [-0.4, -0.2) is 19.8 Å². The summed E-state index contributed by atoms with van der Waals surface area (Å²) in [6.07, 6.45) is 2.17. The standard InChI is InChI=1S/C23H29NO4/c1-5-6-7-15-8-10-16(11-9-15)17-12-20-18(13-19(17)26-4)21(28-22(24)25)23(2,3)14-27-20/h8-13,21H,5-7,14H2,1-4H3,(H2,24,25). The van der Waals surface area contributed by atoms with E-state index in [9.17, 15) is 4.79 Å². The van der Waals surface area contributed by atoms with Gasteiger partial charge in [-0.15, -0.1) is 0 Å². The Labute approximate surface area is 166 Å². The summed E-state index contributed by atoms with van der Waals surface area (Å²) in [6, 6.07) is 12.4. The van der Waals surface area contributed by atoms with Gasteiger partial charge in [-0.05, 0) is 36.1 Å². The van der Waals surface area contributed by atoms with Crippen molar-refractivity contribution in [1.82, 2.24) is 0 Å². The lowest BCUT2D eigenvalue weighted by Gasteiger charge is -2.38. The molecule has 3 rings (SSSR count). The van der Waals surface area contributed by atoms with Crippen LogP contribution in [0.2, 0.25) is 0 Å². The second kappa shape index (κ2) is 8.13. The van der Waals surface area contributed by atoms with Gasteiger partial charge in [-0.2, -0.15) is 0 Å². The number of unbranched alkanes of at least 4 members (excludes halogenated alkanes) is 1. The van der Waals surface area contributed by atoms with E-state index < -0.39 is 17.6 Å². The third-order valence-corrected chi connectivity index (χ3v) is 5.24. The molecule has 1 aliphatic heterocycles. The summed E-state index contributed by atoms with van der Waals surface area (Å²) in [5.74, 6) is 1.40. The first-order valence-corrected chi connectivity index (χ1v) is 9.76. The number of ether oxygens (including phenoxy) is 3. The Morgan fingerprint density at radius 3 is 2.57 bits per heavy atom. The summed E-state index contributed by atoms with van der Waals surface area (Å²) in [7, 11) is 1.64. The first kappa shape index (κ1) is 20.1. The Balaban J connectivity index is 2.00. The first-order chi connectivity index (χ1) is 13.4. The SMILES string of the molecule is CCCCc1ccc(-c2cc3c(cc2OC)C(OC(N)=O)C(C)(C)CO3)cc1. The number of fused-ring (bicyclic) bond motifs is 1. The minimum Gasteiger partial charge on any atom is -0.496 e. The van der Waals surface area contributed by atoms with Gasteiger partial charge in [-0.1, -0.05) is 51.5 Å². The fraction of sp³-hybridized carbons (Fsp3) is 0.435. The monoisotopic (exact) mass is 383 g/mol. The summed E-state index contributed by atoms with van der Waals surface area (Å²) < 4.78 is 17.1. The number of primary amides is 1. The Morgan fingerprint density at radius 1 is 1.25 bits per heavy atom. The Hall–Kier alpha value is -2.69. The maximum atomic E-state index is 11.4. The van der Waals surface area contributed by atoms with Gasteiger partial charge in [0.25, 0.3) is 0 Å². The Bertz CT molecular complexity index is 842. The quantitative estimate of drug-likeness (QED) is 0.738. The average molecular weight is 383 g/mol. The zero-order valence-electron chi connectivity index (χ0n) is 17.1. The van der Waals surface area contributed by atoms with Gasteiger partial charge in [0.2, 0.25) is 0 Å². The molecular weight excluding hydrogens is 354 g/mol. The molecule has 0 fully saturated rings. The van der Waals surface area contributed by atoms with E-state index in [-0.39, 0.29) is 0 Å². The van der Waals surface area contributed by atoms with E-state index >= 15 is 0 Å². The summed E-state index contributed by atoms with van der Waals surface area (Å²) in [5.41, 5.74) is 9.02. The van der Waals surface area contributed by atoms with Crippen LogP contribution >= 0.6 is 0 Å². The number of methoxy groups -OCH3 is 1. The summed E-state index contributed by atoms with van der Waals surface area (Å²) in [5, 5.41) is 0. The number of amides is 1. The van der Waals surface area contributed by atoms with Crippen LogP contribution in [0.3, 0.4) is 0 Å². The molecule has 2 aromatic carbocycles. The van der Waals surface area contributed by atoms with E-state index in [0.29, 0.717) is 18.1 Å². The van der Waals surface area contributed by atoms with Crippen molar-refractivity contribution >= 4 is 6.09 Å². The summed E-state index contributed by atoms with van der Waals surface area (Å²) >= 11 is 0. The molecule has 0 saturated carbocycles. The van der Waals surface area contributed by atoms with E-state index in [1.54, 1.807) is 7.11 Å². The maximum absolute atomic E-state index is 11.4. The Kier molecular flexibility index (Phi) is 5.82. The van der Waals surface area contributed by atoms with E-state index in [0.717, 1.165) is 23.1 Å². The first-order valence-electron chi connectivity index (χ1n) is 9.76. The molecule has 1 amide bonds. The van der Waals surface area contributed by atoms with Gasteiger partial charge in [0.05, 0.1) is 13.7 Å². The number of carbonyl (C=O) groups excluding carboxylic acids is 1. The van der Waals surface area contributed by atoms with E-state index in [1.807, 2.05) is 26.0 Å². The third kappa shape index (κ3) is 4.08. The van der Waals surface area contributed by atoms with Gasteiger partial charge >= 0.3 is 6.09 Å². The summed E-state index contributed by atoms with van der Waals surface area (Å²) in [6.45, 7) is 6.60. The molecule has 150 valence electrons. The lowest BCUT2D eigenvalue weighted by Crippen LogP contribution is -2.37. The van der Waals surface area contributed by atoms with Gasteiger partial charge in [0.15, 0.2) is 0 Å². The highest BCUT2D eigenvalue weighted by molar-refractivity contribution is 5.74. The van der Waals surface area contributed by atoms with Crippen molar-refractivity contribution in [3.05, 3.63) is 47.5 Å². The van der Waals surface area contributed by atoms with E-state index in [2.05, 4.69) is 31.2 Å². The van der Waals surface area contributed by atoms with Crippen LogP contribution < -0.4 is 15.2 Å². The van der Waals surface area contributed by atoms with Crippen molar-refractivity contribution in [3.63, 3.8) is 0 Å². The molecule has 1 heterocycles. The molecule has 2 N–H and O–H groups in total.